The summed E-state index contributed by atoms with van der Waals surface area (Å²) in [5.74, 6) is -1.76. The van der Waals surface area contributed by atoms with E-state index in [-0.39, 0.29) is 30.6 Å². The summed E-state index contributed by atoms with van der Waals surface area (Å²) in [5.41, 5.74) is -0.703. The number of pyridine rings is 1. The Kier molecular flexibility index (Phi) is 6.64. The third kappa shape index (κ3) is 4.73. The molecule has 1 fully saturated rings. The first kappa shape index (κ1) is 28.0. The van der Waals surface area contributed by atoms with E-state index in [0.717, 1.165) is 36.5 Å². The molecule has 216 valence electrons. The number of Topliss-reactive ketones (excluding diaryl/α,β-unsaturated/α-hetero) is 1. The SMILES string of the molecule is O=C(c1cc(C(F)(F)F)ccn1)[C@]12Cc3cnn(-c4ccc(F)cc4)c3C=C1CC[C@H](S(=O)(=O)c1ccc(F)cc1)C2. The number of fused-ring (bicyclic) bond motifs is 2. The van der Waals surface area contributed by atoms with Crippen molar-refractivity contribution in [1.82, 2.24) is 14.8 Å². The molecule has 2 aliphatic rings. The monoisotopic (exact) mass is 599 g/mol. The predicted octanol–water partition coefficient (Wildman–Crippen LogP) is 6.40. The summed E-state index contributed by atoms with van der Waals surface area (Å²) in [7, 11) is -4.04. The molecule has 2 aromatic heterocycles. The Bertz CT molecular complexity index is 1830. The Hall–Kier alpha value is -4.19. The Morgan fingerprint density at radius 1 is 0.976 bits per heavy atom. The molecule has 12 heteroatoms. The number of hydrogen-bond acceptors (Lipinski definition) is 5. The highest BCUT2D eigenvalue weighted by Gasteiger charge is 2.52. The molecule has 6 rings (SSSR count). The van der Waals surface area contributed by atoms with Gasteiger partial charge in [0, 0.05) is 6.20 Å². The van der Waals surface area contributed by atoms with E-state index in [0.29, 0.717) is 28.6 Å². The predicted molar refractivity (Wildman–Crippen MR) is 142 cm³/mol. The minimum atomic E-state index is -4.72. The van der Waals surface area contributed by atoms with E-state index in [1.165, 1.54) is 30.5 Å². The van der Waals surface area contributed by atoms with Gasteiger partial charge in [-0.2, -0.15) is 18.3 Å². The van der Waals surface area contributed by atoms with E-state index in [1.54, 1.807) is 10.8 Å². The van der Waals surface area contributed by atoms with Gasteiger partial charge in [0.25, 0.3) is 0 Å². The van der Waals surface area contributed by atoms with Crippen LogP contribution in [0.2, 0.25) is 0 Å². The van der Waals surface area contributed by atoms with Gasteiger partial charge >= 0.3 is 6.18 Å². The Balaban J connectivity index is 1.46. The number of aromatic nitrogens is 3. The van der Waals surface area contributed by atoms with Crippen LogP contribution < -0.4 is 0 Å². The number of hydrogen-bond donors (Lipinski definition) is 0. The number of allylic oxidation sites excluding steroid dienone is 1. The van der Waals surface area contributed by atoms with Gasteiger partial charge in [-0.25, -0.2) is 21.9 Å². The molecule has 2 heterocycles. The lowest BCUT2D eigenvalue weighted by Crippen LogP contribution is -2.46. The van der Waals surface area contributed by atoms with E-state index in [2.05, 4.69) is 10.1 Å². The molecule has 0 saturated heterocycles. The van der Waals surface area contributed by atoms with Crippen LogP contribution in [-0.4, -0.2) is 34.2 Å². The van der Waals surface area contributed by atoms with Crippen molar-refractivity contribution < 1.29 is 35.2 Å². The number of sulfone groups is 1. The van der Waals surface area contributed by atoms with Crippen molar-refractivity contribution in [3.05, 3.63) is 113 Å². The third-order valence-electron chi connectivity index (χ3n) is 8.02. The number of benzene rings is 2. The van der Waals surface area contributed by atoms with Crippen LogP contribution in [-0.2, 0) is 22.4 Å². The molecule has 2 aromatic carbocycles. The Morgan fingerprint density at radius 3 is 2.31 bits per heavy atom. The van der Waals surface area contributed by atoms with Crippen molar-refractivity contribution in [2.75, 3.05) is 0 Å². The number of carbonyl (C=O) groups is 1. The molecule has 2 atom stereocenters. The minimum absolute atomic E-state index is 0.0262. The van der Waals surface area contributed by atoms with Crippen LogP contribution in [0.1, 0.15) is 46.6 Å². The topological polar surface area (TPSA) is 81.9 Å². The zero-order valence-corrected chi connectivity index (χ0v) is 22.6. The van der Waals surface area contributed by atoms with Gasteiger partial charge in [0.1, 0.15) is 17.3 Å². The number of ketones is 1. The normalized spacial score (nSPS) is 20.4. The van der Waals surface area contributed by atoms with Gasteiger partial charge in [-0.15, -0.1) is 0 Å². The molecule has 2 aliphatic carbocycles. The van der Waals surface area contributed by atoms with Crippen molar-refractivity contribution in [3.63, 3.8) is 0 Å². The minimum Gasteiger partial charge on any atom is -0.291 e. The van der Waals surface area contributed by atoms with Crippen LogP contribution >= 0.6 is 0 Å². The van der Waals surface area contributed by atoms with Gasteiger partial charge in [0.05, 0.1) is 38.7 Å². The second-order valence-electron chi connectivity index (χ2n) is 10.5. The third-order valence-corrected chi connectivity index (χ3v) is 10.2. The van der Waals surface area contributed by atoms with Crippen LogP contribution in [0.25, 0.3) is 11.8 Å². The fourth-order valence-corrected chi connectivity index (χ4v) is 7.74. The van der Waals surface area contributed by atoms with Crippen molar-refractivity contribution in [2.24, 2.45) is 5.41 Å². The zero-order chi connectivity index (χ0) is 29.9. The standard InChI is InChI=1S/C30H22F5N3O3S/c31-21-2-6-23(7-3-21)38-27-14-19-1-8-25(42(40,41)24-9-4-22(32)5-10-24)16-29(19,15-18(27)17-37-38)28(39)26-13-20(11-12-36-26)30(33,34)35/h2-7,9-14,17,25H,1,8,15-16H2/t25-,29-/m0/s1. The lowest BCUT2D eigenvalue weighted by atomic mass is 9.61. The lowest BCUT2D eigenvalue weighted by molar-refractivity contribution is -0.137. The zero-order valence-electron chi connectivity index (χ0n) is 21.8. The molecule has 0 unspecified atom stereocenters. The second-order valence-corrected chi connectivity index (χ2v) is 12.7. The van der Waals surface area contributed by atoms with Gasteiger partial charge in [-0.1, -0.05) is 5.57 Å². The maximum Gasteiger partial charge on any atom is 0.416 e. The molecule has 0 aliphatic heterocycles. The van der Waals surface area contributed by atoms with Gasteiger partial charge in [-0.3, -0.25) is 9.78 Å². The molecule has 0 radical (unpaired) electrons. The molecule has 42 heavy (non-hydrogen) atoms. The Labute approximate surface area is 237 Å². The highest BCUT2D eigenvalue weighted by Crippen LogP contribution is 2.52. The summed E-state index contributed by atoms with van der Waals surface area (Å²) in [5, 5.41) is 3.34. The maximum absolute atomic E-state index is 14.2. The largest absolute Gasteiger partial charge is 0.416 e. The summed E-state index contributed by atoms with van der Waals surface area (Å²) in [4.78, 5) is 18.1. The van der Waals surface area contributed by atoms with Crippen LogP contribution in [0.5, 0.6) is 0 Å². The first-order valence-corrected chi connectivity index (χ1v) is 14.5. The molecule has 1 saturated carbocycles. The average Bonchev–Trinajstić information content (AvgIpc) is 3.37. The van der Waals surface area contributed by atoms with Gasteiger partial charge in [-0.05, 0) is 98.0 Å². The number of carbonyl (C=O) groups excluding carboxylic acids is 1. The molecular weight excluding hydrogens is 577 g/mol. The quantitative estimate of drug-likeness (QED) is 0.151. The van der Waals surface area contributed by atoms with E-state index < -0.39 is 55.4 Å². The van der Waals surface area contributed by atoms with Crippen LogP contribution in [0.3, 0.4) is 0 Å². The summed E-state index contributed by atoms with van der Waals surface area (Å²) >= 11 is 0. The van der Waals surface area contributed by atoms with Gasteiger partial charge < -0.3 is 0 Å². The summed E-state index contributed by atoms with van der Waals surface area (Å²) in [6.45, 7) is 0. The fraction of sp³-hybridized carbons (Fsp3) is 0.233. The second kappa shape index (κ2) is 9.97. The van der Waals surface area contributed by atoms with Gasteiger partial charge in [0.15, 0.2) is 15.6 Å². The molecule has 0 amide bonds. The highest BCUT2D eigenvalue weighted by molar-refractivity contribution is 7.92. The van der Waals surface area contributed by atoms with Crippen molar-refractivity contribution in [1.29, 1.82) is 0 Å². The molecule has 0 spiro atoms. The van der Waals surface area contributed by atoms with Crippen molar-refractivity contribution >= 4 is 21.7 Å². The average molecular weight is 600 g/mol. The number of rotatable bonds is 5. The van der Waals surface area contributed by atoms with Gasteiger partial charge in [0.2, 0.25) is 0 Å². The summed E-state index contributed by atoms with van der Waals surface area (Å²) in [6.07, 6.45) is -0.517. The number of nitrogens with zero attached hydrogens (tertiary/aromatic N) is 3. The number of alkyl halides is 3. The maximum atomic E-state index is 14.2. The van der Waals surface area contributed by atoms with Crippen LogP contribution in [0.4, 0.5) is 22.0 Å². The highest BCUT2D eigenvalue weighted by atomic mass is 32.2. The molecule has 0 N–H and O–H groups in total. The molecule has 6 nitrogen and oxygen atoms in total. The molecule has 4 aromatic rings. The van der Waals surface area contributed by atoms with E-state index in [1.807, 2.05) is 0 Å². The Morgan fingerprint density at radius 2 is 1.64 bits per heavy atom. The van der Waals surface area contributed by atoms with E-state index in [9.17, 15) is 35.2 Å². The smallest absolute Gasteiger partial charge is 0.291 e. The first-order chi connectivity index (χ1) is 19.9. The van der Waals surface area contributed by atoms with E-state index in [4.69, 9.17) is 0 Å². The van der Waals surface area contributed by atoms with Crippen molar-refractivity contribution in [2.45, 2.75) is 42.0 Å². The molecular formula is C30H22F5N3O3S. The van der Waals surface area contributed by atoms with Crippen molar-refractivity contribution in [3.8, 4) is 5.69 Å². The number of halogens is 5. The lowest BCUT2D eigenvalue weighted by Gasteiger charge is -2.43. The van der Waals surface area contributed by atoms with Crippen LogP contribution in [0.15, 0.2) is 83.5 Å². The first-order valence-electron chi connectivity index (χ1n) is 13.0. The van der Waals surface area contributed by atoms with E-state index >= 15 is 0 Å². The fourth-order valence-electron chi connectivity index (χ4n) is 5.91. The summed E-state index contributed by atoms with van der Waals surface area (Å²) < 4.78 is 96.6. The van der Waals surface area contributed by atoms with Crippen LogP contribution in [0, 0.1) is 17.0 Å². The summed E-state index contributed by atoms with van der Waals surface area (Å²) in [6, 6.07) is 11.4. The molecule has 0 bridgehead atoms.